The van der Waals surface area contributed by atoms with Gasteiger partial charge in [0.05, 0.1) is 30.7 Å². The summed E-state index contributed by atoms with van der Waals surface area (Å²) in [5, 5.41) is 0. The van der Waals surface area contributed by atoms with E-state index in [1.54, 1.807) is 7.11 Å². The minimum atomic E-state index is -0.0430. The van der Waals surface area contributed by atoms with E-state index in [0.717, 1.165) is 74.6 Å². The van der Waals surface area contributed by atoms with Gasteiger partial charge >= 0.3 is 0 Å². The monoisotopic (exact) mass is 489 g/mol. The topological polar surface area (TPSA) is 71.0 Å². The van der Waals surface area contributed by atoms with E-state index < -0.39 is 0 Å². The number of nitrogens with zero attached hydrogens (tertiary/aromatic N) is 5. The molecule has 0 radical (unpaired) electrons. The zero-order chi connectivity index (χ0) is 24.9. The predicted molar refractivity (Wildman–Crippen MR) is 142 cm³/mol. The molecule has 2 saturated heterocycles. The summed E-state index contributed by atoms with van der Waals surface area (Å²) in [4.78, 5) is 29.8. The third-order valence-corrected chi connectivity index (χ3v) is 7.06. The van der Waals surface area contributed by atoms with Gasteiger partial charge in [0, 0.05) is 45.0 Å². The molecule has 2 aliphatic rings. The summed E-state index contributed by atoms with van der Waals surface area (Å²) in [6, 6.07) is 16.0. The van der Waals surface area contributed by atoms with Crippen LogP contribution in [0.4, 0.5) is 11.5 Å². The summed E-state index contributed by atoms with van der Waals surface area (Å²) < 4.78 is 11.3. The molecule has 2 aliphatic heterocycles. The Morgan fingerprint density at radius 3 is 2.36 bits per heavy atom. The number of rotatable bonds is 7. The minimum absolute atomic E-state index is 0.0430. The lowest BCUT2D eigenvalue weighted by molar-refractivity contribution is -0.136. The van der Waals surface area contributed by atoms with E-state index in [9.17, 15) is 4.79 Å². The maximum atomic E-state index is 13.5. The number of methoxy groups -OCH3 is 1. The van der Waals surface area contributed by atoms with Crippen LogP contribution >= 0.6 is 0 Å². The molecule has 1 unspecified atom stereocenters. The summed E-state index contributed by atoms with van der Waals surface area (Å²) in [5.41, 5.74) is 2.84. The summed E-state index contributed by atoms with van der Waals surface area (Å²) in [7, 11) is 1.68. The molecular weight excluding hydrogens is 454 g/mol. The van der Waals surface area contributed by atoms with Gasteiger partial charge < -0.3 is 24.2 Å². The van der Waals surface area contributed by atoms with E-state index in [2.05, 4.69) is 28.9 Å². The summed E-state index contributed by atoms with van der Waals surface area (Å²) >= 11 is 0. The Hall–Kier alpha value is -3.55. The number of amides is 1. The molecule has 0 spiro atoms. The largest absolute Gasteiger partial charge is 0.497 e. The first-order chi connectivity index (χ1) is 17.7. The van der Waals surface area contributed by atoms with E-state index >= 15 is 0 Å². The van der Waals surface area contributed by atoms with Crippen LogP contribution in [0.1, 0.15) is 26.2 Å². The van der Waals surface area contributed by atoms with Gasteiger partial charge in [0.15, 0.2) is 5.82 Å². The van der Waals surface area contributed by atoms with Crippen molar-refractivity contribution in [2.24, 2.45) is 5.92 Å². The van der Waals surface area contributed by atoms with E-state index in [4.69, 9.17) is 19.4 Å². The van der Waals surface area contributed by atoms with Crippen molar-refractivity contribution >= 4 is 28.4 Å². The molecule has 5 rings (SSSR count). The van der Waals surface area contributed by atoms with Crippen LogP contribution in [0.3, 0.4) is 0 Å². The zero-order valence-corrected chi connectivity index (χ0v) is 21.2. The van der Waals surface area contributed by atoms with Gasteiger partial charge in [0.25, 0.3) is 5.88 Å². The number of anilines is 2. The van der Waals surface area contributed by atoms with Gasteiger partial charge in [-0.1, -0.05) is 19.1 Å². The zero-order valence-electron chi connectivity index (χ0n) is 21.2. The lowest BCUT2D eigenvalue weighted by atomic mass is 9.96. The molecule has 1 atom stereocenters. The number of aromatic nitrogens is 2. The third-order valence-electron chi connectivity index (χ3n) is 7.06. The van der Waals surface area contributed by atoms with Crippen molar-refractivity contribution < 1.29 is 14.3 Å². The molecule has 0 aliphatic carbocycles. The molecule has 3 aromatic rings. The molecule has 3 heterocycles. The van der Waals surface area contributed by atoms with Crippen molar-refractivity contribution in [1.29, 1.82) is 0 Å². The minimum Gasteiger partial charge on any atom is -0.497 e. The molecule has 2 aromatic carbocycles. The number of fused-ring (bicyclic) bond motifs is 1. The molecule has 36 heavy (non-hydrogen) atoms. The Kier molecular flexibility index (Phi) is 7.39. The molecule has 0 bridgehead atoms. The summed E-state index contributed by atoms with van der Waals surface area (Å²) in [5.74, 6) is 2.38. The predicted octanol–water partition coefficient (Wildman–Crippen LogP) is 3.99. The SMILES string of the molecule is CCCOc1nc2ccccc2nc1N1CCCC(C(=O)N2CCN(c3ccc(OC)cc3)CC2)C1. The van der Waals surface area contributed by atoms with E-state index in [-0.39, 0.29) is 11.8 Å². The molecule has 8 nitrogen and oxygen atoms in total. The van der Waals surface area contributed by atoms with Crippen LogP contribution in [0.25, 0.3) is 11.0 Å². The van der Waals surface area contributed by atoms with Crippen LogP contribution in [-0.4, -0.2) is 73.8 Å². The second-order valence-corrected chi connectivity index (χ2v) is 9.49. The molecule has 0 saturated carbocycles. The van der Waals surface area contributed by atoms with Crippen molar-refractivity contribution in [3.05, 3.63) is 48.5 Å². The Bertz CT molecular complexity index is 1180. The Morgan fingerprint density at radius 1 is 0.944 bits per heavy atom. The number of benzene rings is 2. The lowest BCUT2D eigenvalue weighted by Gasteiger charge is -2.40. The van der Waals surface area contributed by atoms with E-state index in [0.29, 0.717) is 19.0 Å². The number of piperazine rings is 1. The first-order valence-corrected chi connectivity index (χ1v) is 13.0. The van der Waals surface area contributed by atoms with Crippen LogP contribution in [0.15, 0.2) is 48.5 Å². The van der Waals surface area contributed by atoms with Crippen molar-refractivity contribution in [3.8, 4) is 11.6 Å². The van der Waals surface area contributed by atoms with Crippen LogP contribution in [-0.2, 0) is 4.79 Å². The normalized spacial score (nSPS) is 18.4. The fourth-order valence-corrected chi connectivity index (χ4v) is 5.08. The average Bonchev–Trinajstić information content (AvgIpc) is 2.95. The first kappa shape index (κ1) is 24.2. The van der Waals surface area contributed by atoms with E-state index in [1.165, 1.54) is 5.69 Å². The van der Waals surface area contributed by atoms with Crippen LogP contribution in [0.5, 0.6) is 11.6 Å². The quantitative estimate of drug-likeness (QED) is 0.497. The molecule has 190 valence electrons. The molecule has 0 N–H and O–H groups in total. The smallest absolute Gasteiger partial charge is 0.258 e. The highest BCUT2D eigenvalue weighted by Gasteiger charge is 2.33. The standard InChI is InChI=1S/C28H35N5O3/c1-3-19-36-27-26(29-24-8-4-5-9-25(24)30-27)33-14-6-7-21(20-33)28(34)32-17-15-31(16-18-32)22-10-12-23(35-2)13-11-22/h4-5,8-13,21H,3,6-7,14-20H2,1-2H3. The van der Waals surface area contributed by atoms with Gasteiger partial charge in [-0.3, -0.25) is 4.79 Å². The number of para-hydroxylation sites is 2. The van der Waals surface area contributed by atoms with Crippen molar-refractivity contribution in [2.45, 2.75) is 26.2 Å². The molecule has 1 aromatic heterocycles. The van der Waals surface area contributed by atoms with Gasteiger partial charge in [-0.2, -0.15) is 0 Å². The highest BCUT2D eigenvalue weighted by Crippen LogP contribution is 2.31. The van der Waals surface area contributed by atoms with Crippen LogP contribution in [0, 0.1) is 5.92 Å². The maximum absolute atomic E-state index is 13.5. The fourth-order valence-electron chi connectivity index (χ4n) is 5.08. The Labute approximate surface area is 212 Å². The number of piperidine rings is 1. The van der Waals surface area contributed by atoms with Crippen molar-refractivity contribution in [1.82, 2.24) is 14.9 Å². The number of carbonyl (C=O) groups is 1. The average molecular weight is 490 g/mol. The Morgan fingerprint density at radius 2 is 1.67 bits per heavy atom. The van der Waals surface area contributed by atoms with Gasteiger partial charge in [-0.15, -0.1) is 0 Å². The Balaban J connectivity index is 1.26. The fraction of sp³-hybridized carbons (Fsp3) is 0.464. The van der Waals surface area contributed by atoms with E-state index in [1.807, 2.05) is 41.3 Å². The summed E-state index contributed by atoms with van der Waals surface area (Å²) in [6.45, 7) is 7.31. The highest BCUT2D eigenvalue weighted by molar-refractivity contribution is 5.81. The molecule has 8 heteroatoms. The third kappa shape index (κ3) is 5.17. The van der Waals surface area contributed by atoms with Gasteiger partial charge in [0.1, 0.15) is 5.75 Å². The number of ether oxygens (including phenoxy) is 2. The van der Waals surface area contributed by atoms with Crippen LogP contribution < -0.4 is 19.3 Å². The van der Waals surface area contributed by atoms with Gasteiger partial charge in [-0.25, -0.2) is 9.97 Å². The second kappa shape index (κ2) is 11.0. The summed E-state index contributed by atoms with van der Waals surface area (Å²) in [6.07, 6.45) is 2.75. The van der Waals surface area contributed by atoms with Crippen molar-refractivity contribution in [2.75, 3.05) is 62.8 Å². The molecule has 2 fully saturated rings. The number of carbonyl (C=O) groups excluding carboxylic acids is 1. The van der Waals surface area contributed by atoms with Crippen LogP contribution in [0.2, 0.25) is 0 Å². The maximum Gasteiger partial charge on any atom is 0.258 e. The first-order valence-electron chi connectivity index (χ1n) is 13.0. The number of hydrogen-bond acceptors (Lipinski definition) is 7. The highest BCUT2D eigenvalue weighted by atomic mass is 16.5. The lowest BCUT2D eigenvalue weighted by Crippen LogP contribution is -2.52. The second-order valence-electron chi connectivity index (χ2n) is 9.49. The molecular formula is C28H35N5O3. The van der Waals surface area contributed by atoms with Gasteiger partial charge in [-0.05, 0) is 55.7 Å². The molecule has 1 amide bonds. The van der Waals surface area contributed by atoms with Crippen molar-refractivity contribution in [3.63, 3.8) is 0 Å². The number of hydrogen-bond donors (Lipinski definition) is 0. The van der Waals surface area contributed by atoms with Gasteiger partial charge in [0.2, 0.25) is 5.91 Å².